The SMILES string of the molecule is CC=C1CCC(CCC)CS(=O)(=O)C1=CC=CN(C)C. The van der Waals surface area contributed by atoms with Crippen LogP contribution in [-0.2, 0) is 9.84 Å². The van der Waals surface area contributed by atoms with E-state index in [0.717, 1.165) is 31.3 Å². The highest BCUT2D eigenvalue weighted by atomic mass is 32.2. The van der Waals surface area contributed by atoms with Gasteiger partial charge in [0.05, 0.1) is 10.7 Å². The van der Waals surface area contributed by atoms with Gasteiger partial charge in [-0.2, -0.15) is 0 Å². The number of rotatable bonds is 4. The summed E-state index contributed by atoms with van der Waals surface area (Å²) in [6.07, 6.45) is 11.3. The maximum Gasteiger partial charge on any atom is 0.178 e. The van der Waals surface area contributed by atoms with Crippen molar-refractivity contribution in [3.05, 3.63) is 34.9 Å². The molecule has 1 saturated heterocycles. The molecule has 114 valence electrons. The van der Waals surface area contributed by atoms with Crippen LogP contribution >= 0.6 is 0 Å². The predicted molar refractivity (Wildman–Crippen MR) is 86.1 cm³/mol. The Morgan fingerprint density at radius 3 is 2.60 bits per heavy atom. The zero-order valence-corrected chi connectivity index (χ0v) is 13.9. The minimum Gasteiger partial charge on any atom is -0.383 e. The van der Waals surface area contributed by atoms with E-state index in [1.165, 1.54) is 0 Å². The van der Waals surface area contributed by atoms with Crippen LogP contribution in [0, 0.1) is 5.92 Å². The summed E-state index contributed by atoms with van der Waals surface area (Å²) >= 11 is 0. The topological polar surface area (TPSA) is 37.4 Å². The molecular formula is C16H27NO2S. The molecule has 1 rings (SSSR count). The molecule has 1 fully saturated rings. The molecular weight excluding hydrogens is 270 g/mol. The Morgan fingerprint density at radius 2 is 2.05 bits per heavy atom. The molecule has 1 aliphatic heterocycles. The molecule has 0 aromatic carbocycles. The van der Waals surface area contributed by atoms with Crippen molar-refractivity contribution in [2.75, 3.05) is 19.8 Å². The summed E-state index contributed by atoms with van der Waals surface area (Å²) in [6, 6.07) is 0. The fraction of sp³-hybridized carbons (Fsp3) is 0.625. The lowest BCUT2D eigenvalue weighted by molar-refractivity contribution is 0.487. The third-order valence-corrected chi connectivity index (χ3v) is 5.58. The van der Waals surface area contributed by atoms with E-state index in [4.69, 9.17) is 0 Å². The van der Waals surface area contributed by atoms with Crippen LogP contribution in [0.4, 0.5) is 0 Å². The largest absolute Gasteiger partial charge is 0.383 e. The second-order valence-electron chi connectivity index (χ2n) is 5.62. The van der Waals surface area contributed by atoms with Gasteiger partial charge in [0, 0.05) is 14.1 Å². The van der Waals surface area contributed by atoms with Gasteiger partial charge in [0.25, 0.3) is 0 Å². The molecule has 0 bridgehead atoms. The van der Waals surface area contributed by atoms with E-state index in [2.05, 4.69) is 6.92 Å². The second kappa shape index (κ2) is 7.67. The normalized spacial score (nSPS) is 27.1. The van der Waals surface area contributed by atoms with Crippen molar-refractivity contribution >= 4 is 9.84 Å². The fourth-order valence-corrected chi connectivity index (χ4v) is 4.64. The average Bonchev–Trinajstić information content (AvgIpc) is 2.47. The molecule has 1 atom stereocenters. The van der Waals surface area contributed by atoms with E-state index in [-0.39, 0.29) is 0 Å². The Hall–Kier alpha value is -1.03. The minimum absolute atomic E-state index is 0.291. The van der Waals surface area contributed by atoms with Gasteiger partial charge in [0.2, 0.25) is 0 Å². The first-order chi connectivity index (χ1) is 9.40. The average molecular weight is 297 g/mol. The number of sulfone groups is 1. The second-order valence-corrected chi connectivity index (χ2v) is 7.63. The summed E-state index contributed by atoms with van der Waals surface area (Å²) in [5, 5.41) is 0. The summed E-state index contributed by atoms with van der Waals surface area (Å²) in [7, 11) is 0.675. The van der Waals surface area contributed by atoms with E-state index in [1.54, 1.807) is 6.08 Å². The van der Waals surface area contributed by atoms with Crippen LogP contribution in [0.5, 0.6) is 0 Å². The summed E-state index contributed by atoms with van der Waals surface area (Å²) in [5.74, 6) is 0.587. The van der Waals surface area contributed by atoms with Gasteiger partial charge in [-0.1, -0.05) is 19.4 Å². The van der Waals surface area contributed by atoms with Crippen molar-refractivity contribution in [2.24, 2.45) is 5.92 Å². The van der Waals surface area contributed by atoms with Crippen LogP contribution < -0.4 is 0 Å². The van der Waals surface area contributed by atoms with Crippen LogP contribution in [-0.4, -0.2) is 33.2 Å². The van der Waals surface area contributed by atoms with Gasteiger partial charge in [0.1, 0.15) is 0 Å². The van der Waals surface area contributed by atoms with E-state index >= 15 is 0 Å². The number of allylic oxidation sites excluding steroid dienone is 4. The predicted octanol–water partition coefficient (Wildman–Crippen LogP) is 3.52. The monoisotopic (exact) mass is 297 g/mol. The fourth-order valence-electron chi connectivity index (χ4n) is 2.60. The number of hydrogen-bond acceptors (Lipinski definition) is 3. The maximum absolute atomic E-state index is 12.6. The Morgan fingerprint density at radius 1 is 1.35 bits per heavy atom. The van der Waals surface area contributed by atoms with Gasteiger partial charge in [0.15, 0.2) is 9.84 Å². The third-order valence-electron chi connectivity index (χ3n) is 3.61. The minimum atomic E-state index is -3.17. The summed E-state index contributed by atoms with van der Waals surface area (Å²) in [6.45, 7) is 4.04. The van der Waals surface area contributed by atoms with Crippen molar-refractivity contribution in [3.8, 4) is 0 Å². The molecule has 0 spiro atoms. The van der Waals surface area contributed by atoms with Crippen molar-refractivity contribution in [1.82, 2.24) is 4.90 Å². The summed E-state index contributed by atoms with van der Waals surface area (Å²) < 4.78 is 25.2. The van der Waals surface area contributed by atoms with Gasteiger partial charge in [-0.25, -0.2) is 8.42 Å². The molecule has 3 nitrogen and oxygen atoms in total. The molecule has 0 amide bonds. The zero-order chi connectivity index (χ0) is 15.2. The van der Waals surface area contributed by atoms with Crippen LogP contribution in [0.1, 0.15) is 39.5 Å². The molecule has 0 saturated carbocycles. The lowest BCUT2D eigenvalue weighted by Crippen LogP contribution is -2.15. The Labute approximate surface area is 124 Å². The highest BCUT2D eigenvalue weighted by Gasteiger charge is 2.28. The van der Waals surface area contributed by atoms with Crippen LogP contribution in [0.2, 0.25) is 0 Å². The molecule has 1 aliphatic rings. The Bertz CT molecular complexity index is 499. The molecule has 1 heterocycles. The van der Waals surface area contributed by atoms with Crippen LogP contribution in [0.25, 0.3) is 0 Å². The molecule has 0 radical (unpaired) electrons. The van der Waals surface area contributed by atoms with Gasteiger partial charge in [-0.15, -0.1) is 0 Å². The van der Waals surface area contributed by atoms with Gasteiger partial charge < -0.3 is 4.90 Å². The van der Waals surface area contributed by atoms with Crippen LogP contribution in [0.3, 0.4) is 0 Å². The highest BCUT2D eigenvalue weighted by Crippen LogP contribution is 2.32. The molecule has 0 aromatic rings. The Balaban J connectivity index is 3.11. The lowest BCUT2D eigenvalue weighted by atomic mass is 9.97. The molecule has 0 aromatic heterocycles. The van der Waals surface area contributed by atoms with Crippen molar-refractivity contribution in [1.29, 1.82) is 0 Å². The number of hydrogen-bond donors (Lipinski definition) is 0. The first-order valence-electron chi connectivity index (χ1n) is 7.34. The molecule has 20 heavy (non-hydrogen) atoms. The smallest absolute Gasteiger partial charge is 0.178 e. The summed E-state index contributed by atoms with van der Waals surface area (Å²) in [5.41, 5.74) is 0.965. The van der Waals surface area contributed by atoms with E-state index < -0.39 is 9.84 Å². The van der Waals surface area contributed by atoms with Gasteiger partial charge >= 0.3 is 0 Å². The third kappa shape index (κ3) is 4.82. The van der Waals surface area contributed by atoms with Crippen molar-refractivity contribution < 1.29 is 8.42 Å². The lowest BCUT2D eigenvalue weighted by Gasteiger charge is -2.11. The van der Waals surface area contributed by atoms with Gasteiger partial charge in [-0.3, -0.25) is 0 Å². The molecule has 0 N–H and O–H groups in total. The Kier molecular flexibility index (Phi) is 6.53. The standard InChI is InChI=1S/C16H27NO2S/c1-5-8-14-10-11-15(6-2)16(20(18,19)13-14)9-7-12-17(3)4/h6-7,9,12,14H,5,8,10-11,13H2,1-4H3. The van der Waals surface area contributed by atoms with Crippen molar-refractivity contribution in [2.45, 2.75) is 39.5 Å². The first kappa shape index (κ1) is 17.0. The highest BCUT2D eigenvalue weighted by molar-refractivity contribution is 7.95. The molecule has 4 heteroatoms. The van der Waals surface area contributed by atoms with E-state index in [1.807, 2.05) is 44.3 Å². The maximum atomic E-state index is 12.6. The zero-order valence-electron chi connectivity index (χ0n) is 13.1. The molecule has 0 aliphatic carbocycles. The van der Waals surface area contributed by atoms with E-state index in [0.29, 0.717) is 16.6 Å². The number of nitrogens with zero attached hydrogens (tertiary/aromatic N) is 1. The summed E-state index contributed by atoms with van der Waals surface area (Å²) in [4.78, 5) is 2.41. The van der Waals surface area contributed by atoms with E-state index in [9.17, 15) is 8.42 Å². The van der Waals surface area contributed by atoms with Crippen LogP contribution in [0.15, 0.2) is 34.9 Å². The molecule has 1 unspecified atom stereocenters. The van der Waals surface area contributed by atoms with Gasteiger partial charge in [-0.05, 0) is 56.0 Å². The van der Waals surface area contributed by atoms with Crippen molar-refractivity contribution in [3.63, 3.8) is 0 Å². The first-order valence-corrected chi connectivity index (χ1v) is 8.99. The quantitative estimate of drug-likeness (QED) is 0.797.